The first-order valence-corrected chi connectivity index (χ1v) is 7.62. The minimum Gasteiger partial charge on any atom is -0.314 e. The van der Waals surface area contributed by atoms with Crippen molar-refractivity contribution in [3.05, 3.63) is 34.1 Å². The van der Waals surface area contributed by atoms with Crippen LogP contribution in [0, 0.1) is 5.82 Å². The van der Waals surface area contributed by atoms with Gasteiger partial charge in [0, 0.05) is 43.1 Å². The van der Waals surface area contributed by atoms with E-state index < -0.39 is 24.5 Å². The standard InChI is InChI=1S/C14H17BrF4N2.ClH/c15-12-2-1-10(16)9-11(12)13(3-4-14(17,18)19)21-7-5-20-6-8-21;/h1-2,9,13,20H,3-8H2;1H/t13-;/m0./s1. The molecular weight excluding hydrogens is 388 g/mol. The average molecular weight is 406 g/mol. The Morgan fingerprint density at radius 1 is 1.23 bits per heavy atom. The van der Waals surface area contributed by atoms with Crippen LogP contribution in [0.15, 0.2) is 22.7 Å². The molecule has 1 fully saturated rings. The highest BCUT2D eigenvalue weighted by molar-refractivity contribution is 9.10. The molecule has 126 valence electrons. The second-order valence-electron chi connectivity index (χ2n) is 5.12. The van der Waals surface area contributed by atoms with Gasteiger partial charge in [0.1, 0.15) is 5.82 Å². The highest BCUT2D eigenvalue weighted by atomic mass is 79.9. The highest BCUT2D eigenvalue weighted by Crippen LogP contribution is 2.35. The van der Waals surface area contributed by atoms with Crippen LogP contribution in [0.1, 0.15) is 24.4 Å². The Bertz CT molecular complexity index is 478. The molecule has 0 unspecified atom stereocenters. The molecule has 8 heteroatoms. The lowest BCUT2D eigenvalue weighted by atomic mass is 9.99. The Hall–Kier alpha value is -0.370. The Morgan fingerprint density at radius 3 is 2.45 bits per heavy atom. The van der Waals surface area contributed by atoms with Crippen molar-refractivity contribution in [2.45, 2.75) is 25.1 Å². The second kappa shape index (κ2) is 8.47. The molecule has 0 bridgehead atoms. The molecule has 1 aromatic carbocycles. The van der Waals surface area contributed by atoms with Gasteiger partial charge in [-0.1, -0.05) is 15.9 Å². The van der Waals surface area contributed by atoms with Crippen LogP contribution in [0.2, 0.25) is 0 Å². The topological polar surface area (TPSA) is 15.3 Å². The minimum atomic E-state index is -4.20. The molecule has 1 atom stereocenters. The van der Waals surface area contributed by atoms with E-state index in [0.717, 1.165) is 13.1 Å². The second-order valence-corrected chi connectivity index (χ2v) is 5.98. The van der Waals surface area contributed by atoms with Crippen molar-refractivity contribution in [3.8, 4) is 0 Å². The molecule has 1 saturated heterocycles. The number of rotatable bonds is 4. The molecule has 22 heavy (non-hydrogen) atoms. The van der Waals surface area contributed by atoms with Crippen molar-refractivity contribution in [1.82, 2.24) is 10.2 Å². The van der Waals surface area contributed by atoms with Gasteiger partial charge in [-0.15, -0.1) is 12.4 Å². The van der Waals surface area contributed by atoms with Crippen molar-refractivity contribution in [2.75, 3.05) is 26.2 Å². The number of hydrogen-bond donors (Lipinski definition) is 1. The lowest BCUT2D eigenvalue weighted by molar-refractivity contribution is -0.138. The van der Waals surface area contributed by atoms with Crippen LogP contribution in [0.4, 0.5) is 17.6 Å². The Balaban J connectivity index is 0.00000242. The zero-order valence-electron chi connectivity index (χ0n) is 11.8. The van der Waals surface area contributed by atoms with Gasteiger partial charge >= 0.3 is 6.18 Å². The van der Waals surface area contributed by atoms with E-state index in [2.05, 4.69) is 21.2 Å². The number of benzene rings is 1. The third-order valence-electron chi connectivity index (χ3n) is 3.61. The number of hydrogen-bond acceptors (Lipinski definition) is 2. The molecule has 2 rings (SSSR count). The number of nitrogens with zero attached hydrogens (tertiary/aromatic N) is 1. The van der Waals surface area contributed by atoms with Gasteiger partial charge < -0.3 is 5.32 Å². The first kappa shape index (κ1) is 19.7. The van der Waals surface area contributed by atoms with Crippen LogP contribution in [0.25, 0.3) is 0 Å². The quantitative estimate of drug-likeness (QED) is 0.752. The molecule has 1 aliphatic rings. The van der Waals surface area contributed by atoms with E-state index in [9.17, 15) is 17.6 Å². The maximum atomic E-state index is 13.5. The molecular formula is C14H18BrClF4N2. The van der Waals surface area contributed by atoms with E-state index >= 15 is 0 Å². The summed E-state index contributed by atoms with van der Waals surface area (Å²) in [6.07, 6.45) is -5.14. The van der Waals surface area contributed by atoms with Gasteiger partial charge in [-0.05, 0) is 30.2 Å². The van der Waals surface area contributed by atoms with Crippen molar-refractivity contribution < 1.29 is 17.6 Å². The SMILES string of the molecule is Cl.Fc1ccc(Br)c([C@H](CCC(F)(F)F)N2CCNCC2)c1. The third-order valence-corrected chi connectivity index (χ3v) is 4.33. The van der Waals surface area contributed by atoms with Crippen LogP contribution in [-0.2, 0) is 0 Å². The lowest BCUT2D eigenvalue weighted by Gasteiger charge is -2.36. The van der Waals surface area contributed by atoms with Crippen LogP contribution in [0.5, 0.6) is 0 Å². The van der Waals surface area contributed by atoms with Gasteiger partial charge in [0.2, 0.25) is 0 Å². The van der Waals surface area contributed by atoms with Gasteiger partial charge in [0.25, 0.3) is 0 Å². The summed E-state index contributed by atoms with van der Waals surface area (Å²) in [5.74, 6) is -0.430. The van der Waals surface area contributed by atoms with E-state index in [4.69, 9.17) is 0 Å². The first-order valence-electron chi connectivity index (χ1n) is 6.83. The zero-order valence-corrected chi connectivity index (χ0v) is 14.2. The summed E-state index contributed by atoms with van der Waals surface area (Å²) in [5, 5.41) is 3.17. The van der Waals surface area contributed by atoms with Gasteiger partial charge in [0.05, 0.1) is 0 Å². The molecule has 0 aliphatic carbocycles. The summed E-state index contributed by atoms with van der Waals surface area (Å²) in [6, 6.07) is 3.74. The molecule has 1 heterocycles. The summed E-state index contributed by atoms with van der Waals surface area (Å²) in [7, 11) is 0. The molecule has 1 N–H and O–H groups in total. The molecule has 0 saturated carbocycles. The maximum Gasteiger partial charge on any atom is 0.389 e. The summed E-state index contributed by atoms with van der Waals surface area (Å²) in [4.78, 5) is 1.99. The van der Waals surface area contributed by atoms with E-state index in [-0.39, 0.29) is 18.8 Å². The smallest absolute Gasteiger partial charge is 0.314 e. The van der Waals surface area contributed by atoms with Crippen molar-refractivity contribution in [3.63, 3.8) is 0 Å². The largest absolute Gasteiger partial charge is 0.389 e. The van der Waals surface area contributed by atoms with Crippen LogP contribution in [-0.4, -0.2) is 37.3 Å². The normalized spacial score (nSPS) is 17.9. The number of halogens is 6. The fraction of sp³-hybridized carbons (Fsp3) is 0.571. The Morgan fingerprint density at radius 2 is 1.86 bits per heavy atom. The van der Waals surface area contributed by atoms with Crippen molar-refractivity contribution in [1.29, 1.82) is 0 Å². The highest BCUT2D eigenvalue weighted by Gasteiger charge is 2.32. The summed E-state index contributed by atoms with van der Waals surface area (Å²) < 4.78 is 51.8. The molecule has 0 spiro atoms. The fourth-order valence-electron chi connectivity index (χ4n) is 2.60. The van der Waals surface area contributed by atoms with Gasteiger partial charge in [0.15, 0.2) is 0 Å². The van der Waals surface area contributed by atoms with Gasteiger partial charge in [-0.25, -0.2) is 4.39 Å². The predicted molar refractivity (Wildman–Crippen MR) is 83.8 cm³/mol. The summed E-state index contributed by atoms with van der Waals surface area (Å²) in [5.41, 5.74) is 0.584. The molecule has 0 amide bonds. The number of alkyl halides is 3. The van der Waals surface area contributed by atoms with Crippen LogP contribution >= 0.6 is 28.3 Å². The predicted octanol–water partition coefficient (Wildman–Crippen LogP) is 4.30. The Labute approximate surface area is 141 Å². The molecule has 1 aromatic rings. The third kappa shape index (κ3) is 5.68. The monoisotopic (exact) mass is 404 g/mol. The van der Waals surface area contributed by atoms with Crippen LogP contribution in [0.3, 0.4) is 0 Å². The average Bonchev–Trinajstić information content (AvgIpc) is 2.43. The zero-order chi connectivity index (χ0) is 15.5. The summed E-state index contributed by atoms with van der Waals surface area (Å²) >= 11 is 3.33. The molecule has 0 aromatic heterocycles. The van der Waals surface area contributed by atoms with E-state index in [0.29, 0.717) is 23.1 Å². The molecule has 2 nitrogen and oxygen atoms in total. The van der Waals surface area contributed by atoms with Crippen molar-refractivity contribution in [2.24, 2.45) is 0 Å². The number of piperazine rings is 1. The maximum absolute atomic E-state index is 13.5. The van der Waals surface area contributed by atoms with E-state index in [1.165, 1.54) is 12.1 Å². The first-order chi connectivity index (χ1) is 9.87. The minimum absolute atomic E-state index is 0. The lowest BCUT2D eigenvalue weighted by Crippen LogP contribution is -2.45. The Kier molecular flexibility index (Phi) is 7.58. The van der Waals surface area contributed by atoms with Gasteiger partial charge in [-0.2, -0.15) is 13.2 Å². The van der Waals surface area contributed by atoms with E-state index in [1.54, 1.807) is 6.07 Å². The fourth-order valence-corrected chi connectivity index (χ4v) is 3.11. The number of nitrogens with one attached hydrogen (secondary N) is 1. The summed E-state index contributed by atoms with van der Waals surface area (Å²) in [6.45, 7) is 2.78. The van der Waals surface area contributed by atoms with Crippen molar-refractivity contribution >= 4 is 28.3 Å². The van der Waals surface area contributed by atoms with E-state index in [1.807, 2.05) is 4.90 Å². The molecule has 0 radical (unpaired) electrons. The molecule has 1 aliphatic heterocycles. The van der Waals surface area contributed by atoms with Gasteiger partial charge in [-0.3, -0.25) is 4.90 Å². The van der Waals surface area contributed by atoms with Crippen LogP contribution < -0.4 is 5.32 Å².